The van der Waals surface area contributed by atoms with Gasteiger partial charge in [-0.3, -0.25) is 19.4 Å². The number of rotatable bonds is 3. The van der Waals surface area contributed by atoms with E-state index in [1.807, 2.05) is 0 Å². The van der Waals surface area contributed by atoms with Crippen LogP contribution in [0.2, 0.25) is 18.1 Å². The molecule has 8 heteroatoms. The highest BCUT2D eigenvalue weighted by Crippen LogP contribution is 2.39. The number of amides is 3. The zero-order valence-corrected chi connectivity index (χ0v) is 20.2. The van der Waals surface area contributed by atoms with Crippen LogP contribution in [-0.2, 0) is 18.8 Å². The van der Waals surface area contributed by atoms with E-state index in [0.29, 0.717) is 6.42 Å². The quantitative estimate of drug-likeness (QED) is 0.510. The number of nitrogens with zero attached hydrogens (tertiary/aromatic N) is 2. The third-order valence-corrected chi connectivity index (χ3v) is 10.4. The molecule has 2 aliphatic heterocycles. The minimum absolute atomic E-state index is 0.00912. The highest BCUT2D eigenvalue weighted by atomic mass is 28.4. The second-order valence-electron chi connectivity index (χ2n) is 10.5. The molecule has 29 heavy (non-hydrogen) atoms. The largest absolute Gasteiger partial charge is 0.444 e. The maximum atomic E-state index is 13.2. The third-order valence-electron chi connectivity index (χ3n) is 5.84. The van der Waals surface area contributed by atoms with Gasteiger partial charge in [-0.15, -0.1) is 0 Å². The summed E-state index contributed by atoms with van der Waals surface area (Å²) in [5, 5.41) is 0.00912. The fourth-order valence-corrected chi connectivity index (χ4v) is 4.65. The molecular weight excluding hydrogens is 388 g/mol. The van der Waals surface area contributed by atoms with Gasteiger partial charge in [-0.25, -0.2) is 4.79 Å². The molecule has 2 aliphatic rings. The highest BCUT2D eigenvalue weighted by molar-refractivity contribution is 6.74. The number of imide groups is 1. The van der Waals surface area contributed by atoms with Crippen molar-refractivity contribution >= 4 is 26.2 Å². The molecule has 0 saturated carbocycles. The number of likely N-dealkylation sites (tertiary alicyclic amines) is 1. The number of hydrogen-bond donors (Lipinski definition) is 0. The van der Waals surface area contributed by atoms with Gasteiger partial charge in [0.15, 0.2) is 8.32 Å². The lowest BCUT2D eigenvalue weighted by atomic mass is 10.1. The topological polar surface area (TPSA) is 76.2 Å². The summed E-state index contributed by atoms with van der Waals surface area (Å²) in [6, 6.07) is -1.10. The number of carbonyl (C=O) groups excluding carboxylic acids is 3. The molecule has 3 amide bonds. The van der Waals surface area contributed by atoms with E-state index in [-0.39, 0.29) is 35.5 Å². The third kappa shape index (κ3) is 5.28. The molecule has 2 heterocycles. The summed E-state index contributed by atoms with van der Waals surface area (Å²) >= 11 is 0. The molecule has 164 valence electrons. The Balaban J connectivity index is 2.26. The van der Waals surface area contributed by atoms with E-state index in [4.69, 9.17) is 9.16 Å². The molecule has 2 rings (SSSR count). The number of ether oxygens (including phenoxy) is 1. The van der Waals surface area contributed by atoms with Gasteiger partial charge in [-0.2, -0.15) is 0 Å². The first kappa shape index (κ1) is 23.6. The highest BCUT2D eigenvalue weighted by Gasteiger charge is 2.48. The lowest BCUT2D eigenvalue weighted by Crippen LogP contribution is -2.51. The van der Waals surface area contributed by atoms with E-state index in [1.165, 1.54) is 15.9 Å². The van der Waals surface area contributed by atoms with Crippen LogP contribution in [0.15, 0.2) is 12.2 Å². The summed E-state index contributed by atoms with van der Waals surface area (Å²) in [6.07, 6.45) is 2.64. The first-order valence-corrected chi connectivity index (χ1v) is 13.2. The minimum Gasteiger partial charge on any atom is -0.444 e. The molecule has 7 nitrogen and oxygen atoms in total. The van der Waals surface area contributed by atoms with Gasteiger partial charge in [-0.1, -0.05) is 26.8 Å². The average Bonchev–Trinajstić information content (AvgIpc) is 3.07. The lowest BCUT2D eigenvalue weighted by molar-refractivity contribution is -0.145. The van der Waals surface area contributed by atoms with Crippen molar-refractivity contribution in [3.8, 4) is 0 Å². The standard InChI is InChI=1S/C21H36N2O5Si/c1-14-10-11-17(24)23(14)18(25)16-12-15(28-29(8,9)21(5,6)7)13-22(16)19(26)27-20(2,3)4/h10-11,14-16H,12-13H2,1-9H3/t14-,15-,16-/m0/s1. The molecule has 0 aliphatic carbocycles. The normalized spacial score (nSPS) is 25.7. The molecule has 0 radical (unpaired) electrons. The Morgan fingerprint density at radius 2 is 1.72 bits per heavy atom. The van der Waals surface area contributed by atoms with E-state index in [1.54, 1.807) is 33.8 Å². The molecule has 0 N–H and O–H groups in total. The van der Waals surface area contributed by atoms with Crippen LogP contribution in [0.5, 0.6) is 0 Å². The summed E-state index contributed by atoms with van der Waals surface area (Å²) in [4.78, 5) is 40.9. The minimum atomic E-state index is -2.09. The van der Waals surface area contributed by atoms with Gasteiger partial charge < -0.3 is 9.16 Å². The van der Waals surface area contributed by atoms with Gasteiger partial charge in [-0.05, 0) is 45.8 Å². The number of hydrogen-bond acceptors (Lipinski definition) is 5. The summed E-state index contributed by atoms with van der Waals surface area (Å²) in [7, 11) is -2.09. The Morgan fingerprint density at radius 3 is 2.17 bits per heavy atom. The van der Waals surface area contributed by atoms with Crippen LogP contribution in [-0.4, -0.2) is 66.4 Å². The average molecular weight is 425 g/mol. The maximum Gasteiger partial charge on any atom is 0.411 e. The van der Waals surface area contributed by atoms with Crippen molar-refractivity contribution in [2.75, 3.05) is 6.54 Å². The lowest BCUT2D eigenvalue weighted by Gasteiger charge is -2.38. The van der Waals surface area contributed by atoms with E-state index in [0.717, 1.165) is 0 Å². The zero-order chi connectivity index (χ0) is 22.4. The molecule has 0 spiro atoms. The van der Waals surface area contributed by atoms with Crippen molar-refractivity contribution in [2.24, 2.45) is 0 Å². The van der Waals surface area contributed by atoms with Crippen molar-refractivity contribution in [3.63, 3.8) is 0 Å². The van der Waals surface area contributed by atoms with Crippen molar-refractivity contribution in [2.45, 2.75) is 96.8 Å². The predicted molar refractivity (Wildman–Crippen MR) is 114 cm³/mol. The molecule has 0 unspecified atom stereocenters. The first-order chi connectivity index (χ1) is 13.0. The molecule has 0 aromatic heterocycles. The van der Waals surface area contributed by atoms with Gasteiger partial charge in [0.1, 0.15) is 11.6 Å². The summed E-state index contributed by atoms with van der Waals surface area (Å²) in [5.41, 5.74) is -0.679. The van der Waals surface area contributed by atoms with E-state index in [9.17, 15) is 14.4 Å². The molecule has 0 bridgehead atoms. The van der Waals surface area contributed by atoms with Crippen LogP contribution in [0.4, 0.5) is 4.79 Å². The van der Waals surface area contributed by atoms with E-state index < -0.39 is 26.1 Å². The van der Waals surface area contributed by atoms with Crippen molar-refractivity contribution in [1.82, 2.24) is 9.80 Å². The van der Waals surface area contributed by atoms with Crippen molar-refractivity contribution in [1.29, 1.82) is 0 Å². The Hall–Kier alpha value is -1.67. The van der Waals surface area contributed by atoms with E-state index >= 15 is 0 Å². The zero-order valence-electron chi connectivity index (χ0n) is 19.2. The fourth-order valence-electron chi connectivity index (χ4n) is 3.29. The Kier molecular flexibility index (Phi) is 6.40. The molecule has 0 aromatic carbocycles. The molecule has 1 saturated heterocycles. The van der Waals surface area contributed by atoms with Crippen LogP contribution < -0.4 is 0 Å². The van der Waals surface area contributed by atoms with Gasteiger partial charge >= 0.3 is 6.09 Å². The van der Waals surface area contributed by atoms with Gasteiger partial charge in [0.25, 0.3) is 11.8 Å². The van der Waals surface area contributed by atoms with Crippen LogP contribution in [0.25, 0.3) is 0 Å². The van der Waals surface area contributed by atoms with Crippen LogP contribution >= 0.6 is 0 Å². The Bertz CT molecular complexity index is 705. The second-order valence-corrected chi connectivity index (χ2v) is 15.3. The summed E-state index contributed by atoms with van der Waals surface area (Å²) in [6.45, 7) is 18.2. The van der Waals surface area contributed by atoms with Crippen LogP contribution in [0, 0.1) is 0 Å². The second kappa shape index (κ2) is 7.87. The molecule has 3 atom stereocenters. The fraction of sp³-hybridized carbons (Fsp3) is 0.762. The summed E-state index contributed by atoms with van der Waals surface area (Å²) < 4.78 is 12.0. The molecular formula is C21H36N2O5Si. The number of carbonyl (C=O) groups is 3. The van der Waals surface area contributed by atoms with E-state index in [2.05, 4.69) is 33.9 Å². The SMILES string of the molecule is C[C@H]1C=CC(=O)N1C(=O)[C@@H]1C[C@H](O[Si](C)(C)C(C)(C)C)CN1C(=O)OC(C)(C)C. The van der Waals surface area contributed by atoms with Gasteiger partial charge in [0.2, 0.25) is 0 Å². The first-order valence-electron chi connectivity index (χ1n) is 10.3. The predicted octanol–water partition coefficient (Wildman–Crippen LogP) is 3.70. The van der Waals surface area contributed by atoms with Crippen molar-refractivity contribution < 1.29 is 23.5 Å². The Labute approximate surface area is 175 Å². The van der Waals surface area contributed by atoms with Crippen LogP contribution in [0.1, 0.15) is 54.9 Å². The van der Waals surface area contributed by atoms with Gasteiger partial charge in [0, 0.05) is 19.0 Å². The van der Waals surface area contributed by atoms with Crippen molar-refractivity contribution in [3.05, 3.63) is 12.2 Å². The Morgan fingerprint density at radius 1 is 1.14 bits per heavy atom. The smallest absolute Gasteiger partial charge is 0.411 e. The molecule has 0 aromatic rings. The van der Waals surface area contributed by atoms with Crippen LogP contribution in [0.3, 0.4) is 0 Å². The van der Waals surface area contributed by atoms with Gasteiger partial charge in [0.05, 0.1) is 12.1 Å². The molecule has 1 fully saturated rings. The maximum absolute atomic E-state index is 13.2. The monoisotopic (exact) mass is 424 g/mol. The summed E-state index contributed by atoms with van der Waals surface area (Å²) in [5.74, 6) is -0.722.